The van der Waals surface area contributed by atoms with E-state index in [0.717, 1.165) is 6.07 Å². The number of hydrogen-bond donors (Lipinski definition) is 1. The highest BCUT2D eigenvalue weighted by Crippen LogP contribution is 2.38. The van der Waals surface area contributed by atoms with Gasteiger partial charge in [0.1, 0.15) is 5.75 Å². The van der Waals surface area contributed by atoms with E-state index in [9.17, 15) is 13.2 Å². The summed E-state index contributed by atoms with van der Waals surface area (Å²) in [4.78, 5) is 4.23. The number of alkyl halides is 3. The number of hydrogen-bond acceptors (Lipinski definition) is 3. The fraction of sp³-hybridized carbons (Fsp3) is 0.333. The first-order valence-corrected chi connectivity index (χ1v) is 4.94. The van der Waals surface area contributed by atoms with Crippen LogP contribution in [0.15, 0.2) is 16.6 Å². The second-order valence-corrected chi connectivity index (χ2v) is 3.81. The van der Waals surface area contributed by atoms with Crippen LogP contribution in [0.25, 0.3) is 0 Å². The molecular weight excluding hydrogens is 291 g/mol. The van der Waals surface area contributed by atoms with Gasteiger partial charge in [0.15, 0.2) is 0 Å². The Morgan fingerprint density at radius 1 is 1.38 bits per heavy atom. The van der Waals surface area contributed by atoms with Crippen LogP contribution in [0, 0.1) is 0 Å². The first-order valence-electron chi connectivity index (χ1n) is 4.15. The molecule has 7 heteroatoms. The number of ether oxygens (including phenoxy) is 1. The second-order valence-electron chi connectivity index (χ2n) is 2.95. The Hall–Kier alpha value is -0.790. The molecule has 0 radical (unpaired) electrons. The van der Waals surface area contributed by atoms with Crippen LogP contribution in [0.4, 0.5) is 13.2 Å². The molecule has 0 saturated carbocycles. The van der Waals surface area contributed by atoms with Crippen molar-refractivity contribution in [3.63, 3.8) is 0 Å². The van der Waals surface area contributed by atoms with Gasteiger partial charge in [0.25, 0.3) is 0 Å². The Balaban J connectivity index is 3.31. The minimum absolute atomic E-state index is 0.0531. The van der Waals surface area contributed by atoms with Gasteiger partial charge in [-0.1, -0.05) is 0 Å². The van der Waals surface area contributed by atoms with E-state index in [1.165, 1.54) is 13.2 Å². The molecule has 0 fully saturated rings. The molecule has 3 nitrogen and oxygen atoms in total. The van der Waals surface area contributed by atoms with Gasteiger partial charge < -0.3 is 4.74 Å². The quantitative estimate of drug-likeness (QED) is 0.873. The molecule has 90 valence electrons. The lowest BCUT2D eigenvalue weighted by molar-refractivity contribution is -0.139. The Bertz CT molecular complexity index is 382. The molecule has 0 unspecified atom stereocenters. The predicted molar refractivity (Wildman–Crippen MR) is 54.7 cm³/mol. The number of rotatable bonds is 3. The summed E-state index contributed by atoms with van der Waals surface area (Å²) >= 11 is 3.09. The highest BCUT2D eigenvalue weighted by atomic mass is 79.9. The molecule has 0 aliphatic rings. The average Bonchev–Trinajstić information content (AvgIpc) is 2.16. The number of halogens is 4. The molecule has 0 aliphatic heterocycles. The third-order valence-electron chi connectivity index (χ3n) is 1.92. The summed E-state index contributed by atoms with van der Waals surface area (Å²) in [5.41, 5.74) is -0.874. The number of benzene rings is 1. The fourth-order valence-corrected chi connectivity index (χ4v) is 1.78. The van der Waals surface area contributed by atoms with E-state index in [4.69, 9.17) is 10.6 Å². The topological polar surface area (TPSA) is 44.5 Å². The lowest BCUT2D eigenvalue weighted by Gasteiger charge is -2.14. The highest BCUT2D eigenvalue weighted by Gasteiger charge is 2.34. The van der Waals surface area contributed by atoms with Gasteiger partial charge in [0.2, 0.25) is 0 Å². The van der Waals surface area contributed by atoms with Crippen LogP contribution in [0.5, 0.6) is 5.75 Å². The summed E-state index contributed by atoms with van der Waals surface area (Å²) in [6, 6.07) is 2.17. The van der Waals surface area contributed by atoms with E-state index >= 15 is 0 Å². The van der Waals surface area contributed by atoms with Gasteiger partial charge in [-0.05, 0) is 33.6 Å². The monoisotopic (exact) mass is 299 g/mol. The van der Waals surface area contributed by atoms with Crippen molar-refractivity contribution in [2.24, 2.45) is 5.90 Å². The van der Waals surface area contributed by atoms with Crippen molar-refractivity contribution in [3.05, 3.63) is 27.7 Å². The fourth-order valence-electron chi connectivity index (χ4n) is 1.22. The molecule has 0 spiro atoms. The van der Waals surface area contributed by atoms with E-state index in [1.807, 2.05) is 0 Å². The van der Waals surface area contributed by atoms with Crippen molar-refractivity contribution in [1.29, 1.82) is 0 Å². The van der Waals surface area contributed by atoms with E-state index in [-0.39, 0.29) is 17.9 Å². The smallest absolute Gasteiger partial charge is 0.416 e. The van der Waals surface area contributed by atoms with Crippen LogP contribution >= 0.6 is 15.9 Å². The molecule has 0 amide bonds. The van der Waals surface area contributed by atoms with Gasteiger partial charge >= 0.3 is 6.18 Å². The van der Waals surface area contributed by atoms with Gasteiger partial charge in [0, 0.05) is 0 Å². The maximum Gasteiger partial charge on any atom is 0.416 e. The second kappa shape index (κ2) is 5.03. The summed E-state index contributed by atoms with van der Waals surface area (Å²) in [5.74, 6) is 4.88. The van der Waals surface area contributed by atoms with Gasteiger partial charge in [-0.3, -0.25) is 4.84 Å². The Labute approximate surface area is 98.4 Å². The molecule has 0 bridgehead atoms. The number of nitrogens with two attached hydrogens (primary N) is 1. The third kappa shape index (κ3) is 2.87. The summed E-state index contributed by atoms with van der Waals surface area (Å²) in [5, 5.41) is 0. The summed E-state index contributed by atoms with van der Waals surface area (Å²) in [6.07, 6.45) is -4.47. The van der Waals surface area contributed by atoms with Crippen LogP contribution in [-0.4, -0.2) is 7.11 Å². The van der Waals surface area contributed by atoms with Crippen molar-refractivity contribution >= 4 is 15.9 Å². The minimum atomic E-state index is -4.47. The van der Waals surface area contributed by atoms with Crippen molar-refractivity contribution in [2.45, 2.75) is 12.8 Å². The van der Waals surface area contributed by atoms with E-state index in [2.05, 4.69) is 20.8 Å². The summed E-state index contributed by atoms with van der Waals surface area (Å²) in [6.45, 7) is -0.322. The molecule has 1 aromatic carbocycles. The first kappa shape index (κ1) is 13.3. The zero-order chi connectivity index (χ0) is 12.3. The van der Waals surface area contributed by atoms with Crippen molar-refractivity contribution in [1.82, 2.24) is 0 Å². The van der Waals surface area contributed by atoms with E-state index < -0.39 is 11.7 Å². The van der Waals surface area contributed by atoms with E-state index in [1.54, 1.807) is 0 Å². The van der Waals surface area contributed by atoms with Crippen LogP contribution in [0.1, 0.15) is 11.1 Å². The molecule has 1 rings (SSSR count). The van der Waals surface area contributed by atoms with Crippen molar-refractivity contribution in [3.8, 4) is 5.75 Å². The molecule has 2 N–H and O–H groups in total. The summed E-state index contributed by atoms with van der Waals surface area (Å²) < 4.78 is 43.2. The Morgan fingerprint density at radius 2 is 2.00 bits per heavy atom. The highest BCUT2D eigenvalue weighted by molar-refractivity contribution is 9.10. The number of methoxy groups -OCH3 is 1. The van der Waals surface area contributed by atoms with Crippen molar-refractivity contribution < 1.29 is 22.7 Å². The van der Waals surface area contributed by atoms with Gasteiger partial charge in [-0.25, -0.2) is 5.90 Å². The lowest BCUT2D eigenvalue weighted by Crippen LogP contribution is -2.12. The van der Waals surface area contributed by atoms with Crippen LogP contribution in [-0.2, 0) is 17.6 Å². The molecular formula is C9H9BrF3NO2. The first-order chi connectivity index (χ1) is 7.40. The predicted octanol–water partition coefficient (Wildman–Crippen LogP) is 2.87. The van der Waals surface area contributed by atoms with Gasteiger partial charge in [-0.15, -0.1) is 0 Å². The molecule has 1 aromatic rings. The van der Waals surface area contributed by atoms with Crippen molar-refractivity contribution in [2.75, 3.05) is 7.11 Å². The molecule has 0 saturated heterocycles. The molecule has 16 heavy (non-hydrogen) atoms. The zero-order valence-corrected chi connectivity index (χ0v) is 9.85. The lowest BCUT2D eigenvalue weighted by atomic mass is 10.1. The Kier molecular flexibility index (Phi) is 4.17. The minimum Gasteiger partial charge on any atom is -0.496 e. The molecule has 0 heterocycles. The average molecular weight is 300 g/mol. The molecule has 0 atom stereocenters. The normalized spacial score (nSPS) is 11.6. The maximum absolute atomic E-state index is 12.7. The van der Waals surface area contributed by atoms with Gasteiger partial charge in [0.05, 0.1) is 23.8 Å². The van der Waals surface area contributed by atoms with Crippen LogP contribution in [0.2, 0.25) is 0 Å². The zero-order valence-electron chi connectivity index (χ0n) is 8.27. The third-order valence-corrected chi connectivity index (χ3v) is 2.54. The Morgan fingerprint density at radius 3 is 2.44 bits per heavy atom. The molecule has 0 aliphatic carbocycles. The largest absolute Gasteiger partial charge is 0.496 e. The van der Waals surface area contributed by atoms with Crippen LogP contribution < -0.4 is 10.6 Å². The van der Waals surface area contributed by atoms with Gasteiger partial charge in [-0.2, -0.15) is 13.2 Å². The van der Waals surface area contributed by atoms with E-state index in [0.29, 0.717) is 4.47 Å². The molecule has 0 aromatic heterocycles. The standard InChI is InChI=1S/C9H9BrF3NO2/c1-15-8-3-6(9(11,12)13)5(4-16-14)2-7(8)10/h2-3H,4,14H2,1H3. The SMILES string of the molecule is COc1cc(C(F)(F)F)c(CON)cc1Br. The maximum atomic E-state index is 12.7. The van der Waals surface area contributed by atoms with Crippen LogP contribution in [0.3, 0.4) is 0 Å². The summed E-state index contributed by atoms with van der Waals surface area (Å²) in [7, 11) is 1.29.